The van der Waals surface area contributed by atoms with Crippen molar-refractivity contribution in [3.8, 4) is 0 Å². The fourth-order valence-electron chi connectivity index (χ4n) is 1.85. The Hall–Kier alpha value is -1.30. The van der Waals surface area contributed by atoms with Gasteiger partial charge in [-0.15, -0.1) is 0 Å². The van der Waals surface area contributed by atoms with Crippen molar-refractivity contribution in [2.75, 3.05) is 13.1 Å². The van der Waals surface area contributed by atoms with Gasteiger partial charge in [0.1, 0.15) is 5.60 Å². The smallest absolute Gasteiger partial charge is 0.410 e. The first-order valence-corrected chi connectivity index (χ1v) is 5.31. The van der Waals surface area contributed by atoms with Crippen molar-refractivity contribution < 1.29 is 14.6 Å². The van der Waals surface area contributed by atoms with Crippen LogP contribution in [-0.4, -0.2) is 46.7 Å². The average Bonchev–Trinajstić information content (AvgIpc) is 2.55. The van der Waals surface area contributed by atoms with Crippen molar-refractivity contribution in [2.45, 2.75) is 32.1 Å². The molecule has 0 unspecified atom stereocenters. The number of β-amino-alcohol motifs (C(OH)–C–C–N with tert-alkyl or cyclic N) is 1. The lowest BCUT2D eigenvalue weighted by molar-refractivity contribution is -0.00163. The Morgan fingerprint density at radius 1 is 1.69 bits per heavy atom. The van der Waals surface area contributed by atoms with Gasteiger partial charge in [-0.2, -0.15) is 5.10 Å². The maximum Gasteiger partial charge on any atom is 0.410 e. The maximum absolute atomic E-state index is 11.8. The zero-order chi connectivity index (χ0) is 12.0. The molecule has 16 heavy (non-hydrogen) atoms. The fourth-order valence-corrected chi connectivity index (χ4v) is 1.85. The number of hydrogen-bond donors (Lipinski definition) is 2. The van der Waals surface area contributed by atoms with Gasteiger partial charge in [0.25, 0.3) is 0 Å². The molecule has 2 atom stereocenters. The van der Waals surface area contributed by atoms with Crippen molar-refractivity contribution in [2.24, 2.45) is 11.0 Å². The predicted octanol–water partition coefficient (Wildman–Crippen LogP) is 0.131. The summed E-state index contributed by atoms with van der Waals surface area (Å²) in [4.78, 5) is 13.2. The third-order valence-electron chi connectivity index (χ3n) is 2.63. The molecule has 0 saturated carbocycles. The Morgan fingerprint density at radius 2 is 2.38 bits per heavy atom. The molecule has 1 amide bonds. The van der Waals surface area contributed by atoms with Crippen LogP contribution in [0.3, 0.4) is 0 Å². The predicted molar refractivity (Wildman–Crippen MR) is 57.9 cm³/mol. The molecule has 0 aliphatic carbocycles. The van der Waals surface area contributed by atoms with E-state index in [1.807, 2.05) is 20.8 Å². The van der Waals surface area contributed by atoms with Gasteiger partial charge >= 0.3 is 6.09 Å². The minimum Gasteiger partial charge on any atom is -0.444 e. The Balaban J connectivity index is 1.99. The molecule has 0 aromatic rings. The number of ether oxygens (including phenoxy) is 1. The zero-order valence-corrected chi connectivity index (χ0v) is 9.73. The van der Waals surface area contributed by atoms with Crippen LogP contribution in [0.2, 0.25) is 0 Å². The third kappa shape index (κ3) is 1.97. The van der Waals surface area contributed by atoms with Gasteiger partial charge < -0.3 is 14.7 Å². The van der Waals surface area contributed by atoms with E-state index in [1.165, 1.54) is 4.90 Å². The quantitative estimate of drug-likeness (QED) is 0.617. The molecule has 2 heterocycles. The first kappa shape index (κ1) is 11.2. The van der Waals surface area contributed by atoms with Crippen LogP contribution in [0, 0.1) is 5.92 Å². The molecule has 2 N–H and O–H groups in total. The van der Waals surface area contributed by atoms with E-state index in [9.17, 15) is 9.90 Å². The molecule has 2 aliphatic heterocycles. The summed E-state index contributed by atoms with van der Waals surface area (Å²) in [6.07, 6.45) is 1.23. The molecule has 0 bridgehead atoms. The van der Waals surface area contributed by atoms with Crippen LogP contribution in [0.4, 0.5) is 4.79 Å². The fraction of sp³-hybridized carbons (Fsp3) is 0.800. The van der Waals surface area contributed by atoms with E-state index in [-0.39, 0.29) is 12.5 Å². The summed E-state index contributed by atoms with van der Waals surface area (Å²) < 4.78 is 5.24. The van der Waals surface area contributed by atoms with E-state index < -0.39 is 17.4 Å². The zero-order valence-electron chi connectivity index (χ0n) is 9.73. The van der Waals surface area contributed by atoms with E-state index in [0.717, 1.165) is 0 Å². The summed E-state index contributed by atoms with van der Waals surface area (Å²) in [5.74, 6) is -0.153. The molecule has 0 spiro atoms. The Morgan fingerprint density at radius 3 is 2.94 bits per heavy atom. The Kier molecular flexibility index (Phi) is 2.34. The van der Waals surface area contributed by atoms with E-state index in [1.54, 1.807) is 6.21 Å². The van der Waals surface area contributed by atoms with Crippen molar-refractivity contribution in [3.05, 3.63) is 0 Å². The van der Waals surface area contributed by atoms with Gasteiger partial charge in [0.15, 0.2) is 5.72 Å². The lowest BCUT2D eigenvalue weighted by Gasteiger charge is -2.25. The van der Waals surface area contributed by atoms with Crippen molar-refractivity contribution in [1.82, 2.24) is 10.3 Å². The topological polar surface area (TPSA) is 74.2 Å². The van der Waals surface area contributed by atoms with Crippen LogP contribution in [-0.2, 0) is 4.74 Å². The van der Waals surface area contributed by atoms with Crippen LogP contribution >= 0.6 is 0 Å². The molecule has 0 aromatic heterocycles. The second-order valence-electron chi connectivity index (χ2n) is 5.28. The van der Waals surface area contributed by atoms with Gasteiger partial charge in [-0.3, -0.25) is 5.43 Å². The van der Waals surface area contributed by atoms with Crippen LogP contribution in [0.25, 0.3) is 0 Å². The maximum atomic E-state index is 11.8. The van der Waals surface area contributed by atoms with Gasteiger partial charge in [-0.25, -0.2) is 4.79 Å². The molecule has 0 radical (unpaired) electrons. The molecule has 1 saturated heterocycles. The molecule has 90 valence electrons. The molecule has 2 rings (SSSR count). The first-order valence-electron chi connectivity index (χ1n) is 5.31. The number of amides is 1. The van der Waals surface area contributed by atoms with Crippen molar-refractivity contribution >= 4 is 12.3 Å². The number of fused-ring (bicyclic) bond motifs is 1. The standard InChI is InChI=1S/C10H17N3O3/c1-9(2,3)16-8(14)13-5-7-4-11-12-10(7,15)6-13/h4,7,12,15H,5-6H2,1-3H3/t7-,10-/m1/s1. The molecular weight excluding hydrogens is 210 g/mol. The minimum atomic E-state index is -1.11. The summed E-state index contributed by atoms with van der Waals surface area (Å²) in [5, 5.41) is 13.9. The number of nitrogens with one attached hydrogen (secondary N) is 1. The Bertz CT molecular complexity index is 337. The highest BCUT2D eigenvalue weighted by Gasteiger charge is 2.49. The van der Waals surface area contributed by atoms with Crippen molar-refractivity contribution in [1.29, 1.82) is 0 Å². The number of hydrogen-bond acceptors (Lipinski definition) is 5. The van der Waals surface area contributed by atoms with E-state index >= 15 is 0 Å². The second-order valence-corrected chi connectivity index (χ2v) is 5.28. The SMILES string of the molecule is CC(C)(C)OC(=O)N1C[C@H]2C=NN[C@@]2(O)C1. The molecule has 6 nitrogen and oxygen atoms in total. The molecule has 0 aromatic carbocycles. The monoisotopic (exact) mass is 227 g/mol. The summed E-state index contributed by atoms with van der Waals surface area (Å²) in [6, 6.07) is 0. The molecule has 2 aliphatic rings. The van der Waals surface area contributed by atoms with Crippen LogP contribution in [0.15, 0.2) is 5.10 Å². The van der Waals surface area contributed by atoms with Gasteiger partial charge in [0.05, 0.1) is 12.5 Å². The van der Waals surface area contributed by atoms with E-state index in [2.05, 4.69) is 10.5 Å². The summed E-state index contributed by atoms with van der Waals surface area (Å²) in [6.45, 7) is 6.08. The van der Waals surface area contributed by atoms with Crippen LogP contribution < -0.4 is 5.43 Å². The highest BCUT2D eigenvalue weighted by Crippen LogP contribution is 2.28. The first-order chi connectivity index (χ1) is 7.30. The number of carbonyl (C=O) groups excluding carboxylic acids is 1. The number of aliphatic hydroxyl groups is 1. The summed E-state index contributed by atoms with van der Waals surface area (Å²) in [5.41, 5.74) is 0.989. The third-order valence-corrected chi connectivity index (χ3v) is 2.63. The lowest BCUT2D eigenvalue weighted by atomic mass is 10.0. The summed E-state index contributed by atoms with van der Waals surface area (Å²) in [7, 11) is 0. The lowest BCUT2D eigenvalue weighted by Crippen LogP contribution is -2.47. The van der Waals surface area contributed by atoms with Gasteiger partial charge in [0, 0.05) is 12.8 Å². The number of rotatable bonds is 0. The summed E-state index contributed by atoms with van der Waals surface area (Å²) >= 11 is 0. The normalized spacial score (nSPS) is 32.5. The highest BCUT2D eigenvalue weighted by molar-refractivity contribution is 5.72. The molecule has 6 heteroatoms. The highest BCUT2D eigenvalue weighted by atomic mass is 16.6. The van der Waals surface area contributed by atoms with Gasteiger partial charge in [0.2, 0.25) is 0 Å². The van der Waals surface area contributed by atoms with E-state index in [4.69, 9.17) is 4.74 Å². The minimum absolute atomic E-state index is 0.153. The number of carbonyl (C=O) groups is 1. The average molecular weight is 227 g/mol. The molecule has 1 fully saturated rings. The Labute approximate surface area is 94.3 Å². The van der Waals surface area contributed by atoms with Gasteiger partial charge in [-0.1, -0.05) is 0 Å². The second kappa shape index (κ2) is 3.35. The van der Waals surface area contributed by atoms with E-state index in [0.29, 0.717) is 6.54 Å². The number of nitrogens with zero attached hydrogens (tertiary/aromatic N) is 2. The van der Waals surface area contributed by atoms with Crippen molar-refractivity contribution in [3.63, 3.8) is 0 Å². The number of likely N-dealkylation sites (tertiary alicyclic amines) is 1. The largest absolute Gasteiger partial charge is 0.444 e. The number of hydrazone groups is 1. The molecular formula is C10H17N3O3. The van der Waals surface area contributed by atoms with Gasteiger partial charge in [-0.05, 0) is 20.8 Å². The van der Waals surface area contributed by atoms with Crippen LogP contribution in [0.5, 0.6) is 0 Å². The van der Waals surface area contributed by atoms with Crippen LogP contribution in [0.1, 0.15) is 20.8 Å².